The van der Waals surface area contributed by atoms with Gasteiger partial charge in [0.05, 0.1) is 12.2 Å². The molecule has 0 amide bonds. The van der Waals surface area contributed by atoms with E-state index in [1.807, 2.05) is 36.5 Å². The summed E-state index contributed by atoms with van der Waals surface area (Å²) in [6, 6.07) is 12.3. The Bertz CT molecular complexity index is 1360. The Labute approximate surface area is 229 Å². The molecule has 0 radical (unpaired) electrons. The summed E-state index contributed by atoms with van der Waals surface area (Å²) >= 11 is 0. The fourth-order valence-corrected chi connectivity index (χ4v) is 5.94. The third-order valence-electron chi connectivity index (χ3n) is 8.12. The number of phenols is 1. The van der Waals surface area contributed by atoms with Gasteiger partial charge in [0, 0.05) is 74.7 Å². The second-order valence-electron chi connectivity index (χ2n) is 10.7. The van der Waals surface area contributed by atoms with E-state index in [0.29, 0.717) is 12.6 Å². The van der Waals surface area contributed by atoms with Crippen LogP contribution in [0, 0.1) is 0 Å². The van der Waals surface area contributed by atoms with Gasteiger partial charge in [-0.3, -0.25) is 4.79 Å². The molecule has 39 heavy (non-hydrogen) atoms. The van der Waals surface area contributed by atoms with Crippen LogP contribution in [0.5, 0.6) is 11.8 Å². The molecule has 9 heteroatoms. The van der Waals surface area contributed by atoms with Gasteiger partial charge in [0.2, 0.25) is 0 Å². The van der Waals surface area contributed by atoms with Crippen LogP contribution in [0.1, 0.15) is 24.1 Å². The van der Waals surface area contributed by atoms with Crippen molar-refractivity contribution < 1.29 is 14.6 Å². The van der Waals surface area contributed by atoms with Gasteiger partial charge in [-0.05, 0) is 43.8 Å². The van der Waals surface area contributed by atoms with E-state index < -0.39 is 0 Å². The molecule has 2 fully saturated rings. The molecule has 0 spiro atoms. The Morgan fingerprint density at radius 2 is 1.77 bits per heavy atom. The van der Waals surface area contributed by atoms with Gasteiger partial charge in [0.15, 0.2) is 0 Å². The van der Waals surface area contributed by atoms with Gasteiger partial charge in [-0.1, -0.05) is 24.3 Å². The Morgan fingerprint density at radius 3 is 2.56 bits per heavy atom. The Morgan fingerprint density at radius 1 is 0.974 bits per heavy atom. The highest BCUT2D eigenvalue weighted by atomic mass is 16.5. The number of aromatic hydroxyl groups is 1. The molecule has 2 saturated heterocycles. The first-order chi connectivity index (χ1) is 19.1. The van der Waals surface area contributed by atoms with Crippen LogP contribution in [0.3, 0.4) is 0 Å². The van der Waals surface area contributed by atoms with E-state index in [4.69, 9.17) is 14.7 Å². The van der Waals surface area contributed by atoms with Crippen molar-refractivity contribution in [1.82, 2.24) is 19.8 Å². The van der Waals surface area contributed by atoms with Crippen LogP contribution in [0.25, 0.3) is 10.8 Å². The van der Waals surface area contributed by atoms with Crippen molar-refractivity contribution >= 4 is 28.6 Å². The van der Waals surface area contributed by atoms with E-state index in [0.717, 1.165) is 99.3 Å². The van der Waals surface area contributed by atoms with E-state index in [1.54, 1.807) is 6.08 Å². The molecular weight excluding hydrogens is 492 g/mol. The average molecular weight is 529 g/mol. The fourth-order valence-electron chi connectivity index (χ4n) is 5.94. The second kappa shape index (κ2) is 11.1. The monoisotopic (exact) mass is 528 g/mol. The zero-order valence-electron chi connectivity index (χ0n) is 22.5. The number of ether oxygens (including phenoxy) is 1. The number of likely N-dealkylation sites (tertiary alicyclic amines) is 1. The molecule has 1 aromatic heterocycles. The molecule has 9 nitrogen and oxygen atoms in total. The molecule has 3 aliphatic heterocycles. The number of piperidine rings is 1. The first kappa shape index (κ1) is 25.4. The molecule has 4 heterocycles. The molecule has 0 saturated carbocycles. The van der Waals surface area contributed by atoms with Crippen molar-refractivity contribution in [1.29, 1.82) is 0 Å². The van der Waals surface area contributed by atoms with Crippen molar-refractivity contribution in [3.8, 4) is 11.8 Å². The average Bonchev–Trinajstić information content (AvgIpc) is 2.96. The first-order valence-electron chi connectivity index (χ1n) is 13.9. The lowest BCUT2D eigenvalue weighted by atomic mass is 10.0. The van der Waals surface area contributed by atoms with E-state index >= 15 is 0 Å². The van der Waals surface area contributed by atoms with Crippen LogP contribution < -0.4 is 14.5 Å². The minimum atomic E-state index is 0.118. The molecule has 6 rings (SSSR count). The number of aldehydes is 1. The molecule has 3 aromatic rings. The van der Waals surface area contributed by atoms with E-state index in [2.05, 4.69) is 32.7 Å². The summed E-state index contributed by atoms with van der Waals surface area (Å²) in [5, 5.41) is 12.6. The van der Waals surface area contributed by atoms with E-state index in [9.17, 15) is 9.90 Å². The summed E-state index contributed by atoms with van der Waals surface area (Å²) in [5.41, 5.74) is 3.19. The summed E-state index contributed by atoms with van der Waals surface area (Å²) in [6.07, 6.45) is 7.11. The third kappa shape index (κ3) is 5.49. The van der Waals surface area contributed by atoms with Crippen LogP contribution in [0.4, 0.5) is 11.5 Å². The first-order valence-corrected chi connectivity index (χ1v) is 13.9. The Hall–Kier alpha value is -3.85. The number of rotatable bonds is 6. The van der Waals surface area contributed by atoms with Crippen LogP contribution >= 0.6 is 0 Å². The summed E-state index contributed by atoms with van der Waals surface area (Å²) in [4.78, 5) is 29.9. The quantitative estimate of drug-likeness (QED) is 0.383. The number of piperazine rings is 1. The molecule has 3 aliphatic rings. The Kier molecular flexibility index (Phi) is 7.24. The van der Waals surface area contributed by atoms with Gasteiger partial charge in [-0.2, -0.15) is 9.97 Å². The minimum Gasteiger partial charge on any atom is -0.508 e. The van der Waals surface area contributed by atoms with Crippen LogP contribution in [0.2, 0.25) is 0 Å². The lowest BCUT2D eigenvalue weighted by Gasteiger charge is -2.38. The summed E-state index contributed by atoms with van der Waals surface area (Å²) < 4.78 is 6.41. The third-order valence-corrected chi connectivity index (χ3v) is 8.12. The van der Waals surface area contributed by atoms with Gasteiger partial charge in [0.1, 0.15) is 24.0 Å². The summed E-state index contributed by atoms with van der Waals surface area (Å²) in [6.45, 7) is 6.76. The number of fused-ring (bicyclic) bond motifs is 2. The smallest absolute Gasteiger partial charge is 0.318 e. The lowest BCUT2D eigenvalue weighted by Crippen LogP contribution is -2.45. The van der Waals surface area contributed by atoms with Crippen LogP contribution in [-0.2, 0) is 17.8 Å². The number of nitrogens with zero attached hydrogens (tertiary/aromatic N) is 6. The second-order valence-corrected chi connectivity index (χ2v) is 10.7. The number of benzene rings is 2. The highest BCUT2D eigenvalue weighted by Gasteiger charge is 2.29. The topological polar surface area (TPSA) is 85.3 Å². The number of hydrogen-bond acceptors (Lipinski definition) is 9. The van der Waals surface area contributed by atoms with Gasteiger partial charge in [-0.25, -0.2) is 0 Å². The minimum absolute atomic E-state index is 0.118. The predicted molar refractivity (Wildman–Crippen MR) is 153 cm³/mol. The molecular formula is C30H36N6O3. The predicted octanol–water partition coefficient (Wildman–Crippen LogP) is 3.21. The number of phenolic OH excluding ortho intramolecular Hbond substituents is 1. The van der Waals surface area contributed by atoms with Crippen molar-refractivity contribution in [3.63, 3.8) is 0 Å². The molecule has 1 N–H and O–H groups in total. The number of hydrogen-bond donors (Lipinski definition) is 1. The molecule has 0 unspecified atom stereocenters. The van der Waals surface area contributed by atoms with Crippen molar-refractivity contribution in [2.75, 3.05) is 62.7 Å². The van der Waals surface area contributed by atoms with E-state index in [1.165, 1.54) is 5.56 Å². The number of carbonyl (C=O) groups excluding carboxylic acids is 1. The standard InChI is InChI=1S/C30H36N6O3/c1-33-11-7-24(8-12-33)39-30-31-27-21-36(28-20-23(38)19-22-5-2-3-6-25(22)28)13-9-26(27)29(32-30)35-16-14-34(15-17-35)10-4-18-37/h2-6,10,18-20,24,38H,7-9,11-17,21H2,1H3. The van der Waals surface area contributed by atoms with Crippen molar-refractivity contribution in [2.24, 2.45) is 0 Å². The number of aromatic nitrogens is 2. The molecule has 0 bridgehead atoms. The molecule has 0 aliphatic carbocycles. The number of allylic oxidation sites excluding steroid dienone is 1. The van der Waals surface area contributed by atoms with Crippen LogP contribution in [0.15, 0.2) is 48.7 Å². The van der Waals surface area contributed by atoms with Crippen molar-refractivity contribution in [2.45, 2.75) is 31.9 Å². The van der Waals surface area contributed by atoms with Gasteiger partial charge in [-0.15, -0.1) is 0 Å². The number of anilines is 2. The number of carbonyl (C=O) groups is 1. The molecule has 0 atom stereocenters. The zero-order valence-corrected chi connectivity index (χ0v) is 22.5. The van der Waals surface area contributed by atoms with Crippen LogP contribution in [-0.4, -0.2) is 90.1 Å². The summed E-state index contributed by atoms with van der Waals surface area (Å²) in [7, 11) is 2.15. The Balaban J connectivity index is 1.31. The van der Waals surface area contributed by atoms with E-state index in [-0.39, 0.29) is 11.9 Å². The zero-order chi connectivity index (χ0) is 26.8. The highest BCUT2D eigenvalue weighted by molar-refractivity contribution is 5.95. The molecule has 204 valence electrons. The lowest BCUT2D eigenvalue weighted by molar-refractivity contribution is -0.104. The normalized spacial score (nSPS) is 19.1. The van der Waals surface area contributed by atoms with Gasteiger partial charge < -0.3 is 29.4 Å². The maximum Gasteiger partial charge on any atom is 0.318 e. The van der Waals surface area contributed by atoms with Gasteiger partial charge in [0.25, 0.3) is 0 Å². The summed E-state index contributed by atoms with van der Waals surface area (Å²) in [5.74, 6) is 1.24. The van der Waals surface area contributed by atoms with Crippen molar-refractivity contribution in [3.05, 3.63) is 59.9 Å². The maximum atomic E-state index is 10.8. The maximum absolute atomic E-state index is 10.8. The molecule has 2 aromatic carbocycles. The van der Waals surface area contributed by atoms with Gasteiger partial charge >= 0.3 is 6.01 Å². The highest BCUT2D eigenvalue weighted by Crippen LogP contribution is 2.36. The SMILES string of the molecule is CN1CCC(Oc2nc3c(c(N4CCN(C=CC=O)CC4)n2)CCN(c2cc(O)cc4ccccc24)C3)CC1. The fraction of sp³-hybridized carbons (Fsp3) is 0.433. The largest absolute Gasteiger partial charge is 0.508 e.